The minimum atomic E-state index is -1.25. The first kappa shape index (κ1) is 27.4. The number of nitrogens with one attached hydrogen (secondary N) is 1. The zero-order valence-corrected chi connectivity index (χ0v) is 21.8. The number of rotatable bonds is 11. The minimum absolute atomic E-state index is 0.0491. The second kappa shape index (κ2) is 12.7. The molecule has 1 aromatic carbocycles. The summed E-state index contributed by atoms with van der Waals surface area (Å²) in [5.74, 6) is 0.341. The van der Waals surface area contributed by atoms with E-state index in [1.165, 1.54) is 0 Å². The predicted octanol–water partition coefficient (Wildman–Crippen LogP) is 3.40. The Kier molecular flexibility index (Phi) is 9.43. The molecule has 1 aromatic rings. The lowest BCUT2D eigenvalue weighted by molar-refractivity contribution is -0.133. The van der Waals surface area contributed by atoms with Gasteiger partial charge in [-0.25, -0.2) is 4.79 Å². The summed E-state index contributed by atoms with van der Waals surface area (Å²) in [6.45, 7) is 4.19. The summed E-state index contributed by atoms with van der Waals surface area (Å²) in [5.41, 5.74) is -0.214. The lowest BCUT2D eigenvalue weighted by Gasteiger charge is -2.40. The van der Waals surface area contributed by atoms with Gasteiger partial charge in [-0.15, -0.1) is 0 Å². The van der Waals surface area contributed by atoms with Gasteiger partial charge in [0.15, 0.2) is 23.1 Å². The first-order chi connectivity index (χ1) is 17.9. The molecule has 2 fully saturated rings. The number of urea groups is 1. The summed E-state index contributed by atoms with van der Waals surface area (Å²) in [6, 6.07) is 5.09. The average Bonchev–Trinajstić information content (AvgIpc) is 3.39. The van der Waals surface area contributed by atoms with Crippen LogP contribution in [0.15, 0.2) is 18.2 Å². The van der Waals surface area contributed by atoms with Crippen LogP contribution in [0.1, 0.15) is 70.3 Å². The molecule has 2 N–H and O–H groups in total. The molecule has 2 atom stereocenters. The number of aliphatic hydroxyl groups excluding tert-OH is 1. The number of nitrogens with zero attached hydrogens (tertiary/aromatic N) is 1. The number of Topliss-reactive ketones (excluding diaryl/α,β-unsaturated/α-hetero) is 2. The molecule has 9 heteroatoms. The summed E-state index contributed by atoms with van der Waals surface area (Å²) in [7, 11) is 0. The molecule has 0 spiro atoms. The molecule has 0 radical (unpaired) electrons. The van der Waals surface area contributed by atoms with Crippen LogP contribution in [0.2, 0.25) is 0 Å². The quantitative estimate of drug-likeness (QED) is 0.463. The van der Waals surface area contributed by atoms with Gasteiger partial charge in [-0.2, -0.15) is 0 Å². The molecule has 1 saturated carbocycles. The van der Waals surface area contributed by atoms with E-state index >= 15 is 0 Å². The summed E-state index contributed by atoms with van der Waals surface area (Å²) in [5, 5.41) is 14.2. The lowest BCUT2D eigenvalue weighted by atomic mass is 9.74. The largest absolute Gasteiger partial charge is 0.454 e. The molecule has 1 aliphatic carbocycles. The molecule has 0 unspecified atom stereocenters. The van der Waals surface area contributed by atoms with Gasteiger partial charge >= 0.3 is 6.03 Å². The number of benzene rings is 1. The van der Waals surface area contributed by atoms with Crippen LogP contribution in [-0.4, -0.2) is 72.3 Å². The van der Waals surface area contributed by atoms with Crippen LogP contribution in [0.25, 0.3) is 0 Å². The Morgan fingerprint density at radius 2 is 1.81 bits per heavy atom. The molecule has 1 saturated heterocycles. The molecule has 2 aliphatic heterocycles. The Bertz CT molecular complexity index is 954. The van der Waals surface area contributed by atoms with Gasteiger partial charge in [-0.05, 0) is 42.9 Å². The first-order valence-electron chi connectivity index (χ1n) is 13.7. The number of hydrogen-bond donors (Lipinski definition) is 2. The SMILES string of the molecule is CCCC[C@H](CC(=O)C1(NC(=O)N2CCOCC2)CCCCC1)[C@H](O)C(=O)Cc1ccc2c(c1)OCO2. The highest BCUT2D eigenvalue weighted by molar-refractivity contribution is 5.94. The number of carbonyl (C=O) groups excluding carboxylic acids is 3. The fraction of sp³-hybridized carbons (Fsp3) is 0.679. The Morgan fingerprint density at radius 3 is 2.54 bits per heavy atom. The fourth-order valence-electron chi connectivity index (χ4n) is 5.57. The average molecular weight is 517 g/mol. The van der Waals surface area contributed by atoms with Gasteiger partial charge in [-0.3, -0.25) is 9.59 Å². The maximum Gasteiger partial charge on any atom is 0.318 e. The van der Waals surface area contributed by atoms with E-state index in [0.29, 0.717) is 57.1 Å². The van der Waals surface area contributed by atoms with Crippen molar-refractivity contribution in [3.8, 4) is 11.5 Å². The van der Waals surface area contributed by atoms with E-state index in [1.807, 2.05) is 6.92 Å². The van der Waals surface area contributed by atoms with Crippen molar-refractivity contribution >= 4 is 17.6 Å². The minimum Gasteiger partial charge on any atom is -0.454 e. The highest BCUT2D eigenvalue weighted by atomic mass is 16.7. The Hall–Kier alpha value is -2.65. The van der Waals surface area contributed by atoms with Gasteiger partial charge in [0, 0.05) is 25.9 Å². The molecule has 9 nitrogen and oxygen atoms in total. The second-order valence-corrected chi connectivity index (χ2v) is 10.5. The lowest BCUT2D eigenvalue weighted by Crippen LogP contribution is -2.60. The number of morpholine rings is 1. The number of aliphatic hydroxyl groups is 1. The van der Waals surface area contributed by atoms with Gasteiger partial charge < -0.3 is 29.5 Å². The van der Waals surface area contributed by atoms with Crippen LogP contribution in [0.4, 0.5) is 4.79 Å². The van der Waals surface area contributed by atoms with Gasteiger partial charge in [0.05, 0.1) is 13.2 Å². The Morgan fingerprint density at radius 1 is 1.08 bits per heavy atom. The highest BCUT2D eigenvalue weighted by Gasteiger charge is 2.43. The van der Waals surface area contributed by atoms with Crippen LogP contribution in [0.3, 0.4) is 0 Å². The molecule has 204 valence electrons. The van der Waals surface area contributed by atoms with Crippen LogP contribution in [-0.2, 0) is 20.7 Å². The maximum atomic E-state index is 13.8. The third kappa shape index (κ3) is 6.82. The van der Waals surface area contributed by atoms with Crippen molar-refractivity contribution in [2.24, 2.45) is 5.92 Å². The Labute approximate surface area is 218 Å². The van der Waals surface area contributed by atoms with E-state index in [4.69, 9.17) is 14.2 Å². The molecule has 3 aliphatic rings. The van der Waals surface area contributed by atoms with E-state index in [-0.39, 0.29) is 37.2 Å². The van der Waals surface area contributed by atoms with E-state index < -0.39 is 17.6 Å². The van der Waals surface area contributed by atoms with E-state index in [0.717, 1.165) is 37.7 Å². The van der Waals surface area contributed by atoms with Crippen molar-refractivity contribution in [2.45, 2.75) is 82.8 Å². The fourth-order valence-corrected chi connectivity index (χ4v) is 5.57. The monoisotopic (exact) mass is 516 g/mol. The van der Waals surface area contributed by atoms with E-state index in [9.17, 15) is 19.5 Å². The molecule has 4 rings (SSSR count). The highest BCUT2D eigenvalue weighted by Crippen LogP contribution is 2.34. The summed E-state index contributed by atoms with van der Waals surface area (Å²) < 4.78 is 16.1. The molecular weight excluding hydrogens is 476 g/mol. The number of hydrogen-bond acceptors (Lipinski definition) is 7. The van der Waals surface area contributed by atoms with Gasteiger partial charge in [-0.1, -0.05) is 45.1 Å². The number of carbonyl (C=O) groups is 3. The summed E-state index contributed by atoms with van der Waals surface area (Å²) >= 11 is 0. The molecule has 0 bridgehead atoms. The maximum absolute atomic E-state index is 13.8. The van der Waals surface area contributed by atoms with Crippen molar-refractivity contribution in [1.29, 1.82) is 0 Å². The molecule has 2 heterocycles. The third-order valence-corrected chi connectivity index (χ3v) is 7.85. The van der Waals surface area contributed by atoms with E-state index in [1.54, 1.807) is 23.1 Å². The van der Waals surface area contributed by atoms with Gasteiger partial charge in [0.25, 0.3) is 0 Å². The second-order valence-electron chi connectivity index (χ2n) is 10.5. The standard InChI is InChI=1S/C28H40N2O7/c1-2-3-7-21(26(33)22(31)16-20-8-9-23-24(17-20)37-19-36-23)18-25(32)28(10-5-4-6-11-28)29-27(34)30-12-14-35-15-13-30/h8-9,17,21,26,33H,2-7,10-16,18-19H2,1H3,(H,29,34)/t21-,26+/m1/s1. The van der Waals surface area contributed by atoms with Crippen LogP contribution in [0, 0.1) is 5.92 Å². The van der Waals surface area contributed by atoms with Gasteiger partial charge in [0.2, 0.25) is 6.79 Å². The molecule has 0 aromatic heterocycles. The predicted molar refractivity (Wildman–Crippen MR) is 137 cm³/mol. The molecular formula is C28H40N2O7. The number of unbranched alkanes of at least 4 members (excludes halogenated alkanes) is 1. The summed E-state index contributed by atoms with van der Waals surface area (Å²) in [4.78, 5) is 41.7. The zero-order chi connectivity index (χ0) is 26.3. The van der Waals surface area contributed by atoms with Crippen molar-refractivity contribution in [3.05, 3.63) is 23.8 Å². The zero-order valence-electron chi connectivity index (χ0n) is 21.8. The van der Waals surface area contributed by atoms with Crippen molar-refractivity contribution in [1.82, 2.24) is 10.2 Å². The van der Waals surface area contributed by atoms with Crippen LogP contribution in [0.5, 0.6) is 11.5 Å². The summed E-state index contributed by atoms with van der Waals surface area (Å²) in [6.07, 6.45) is 5.06. The number of ether oxygens (including phenoxy) is 3. The normalized spacial score (nSPS) is 20.2. The van der Waals surface area contributed by atoms with Crippen molar-refractivity contribution < 1.29 is 33.7 Å². The number of fused-ring (bicyclic) bond motifs is 1. The van der Waals surface area contributed by atoms with Crippen molar-refractivity contribution in [3.63, 3.8) is 0 Å². The Balaban J connectivity index is 1.44. The third-order valence-electron chi connectivity index (χ3n) is 7.85. The molecule has 37 heavy (non-hydrogen) atoms. The first-order valence-corrected chi connectivity index (χ1v) is 13.7. The smallest absolute Gasteiger partial charge is 0.318 e. The van der Waals surface area contributed by atoms with E-state index in [2.05, 4.69) is 5.32 Å². The number of amides is 2. The topological polar surface area (TPSA) is 114 Å². The number of ketones is 2. The molecule has 2 amide bonds. The van der Waals surface area contributed by atoms with Crippen LogP contribution < -0.4 is 14.8 Å². The van der Waals surface area contributed by atoms with Crippen LogP contribution >= 0.6 is 0 Å². The van der Waals surface area contributed by atoms with Crippen molar-refractivity contribution in [2.75, 3.05) is 33.1 Å². The van der Waals surface area contributed by atoms with Gasteiger partial charge in [0.1, 0.15) is 11.6 Å².